The Bertz CT molecular complexity index is 899. The number of aryl methyl sites for hydroxylation is 2. The van der Waals surface area contributed by atoms with Crippen molar-refractivity contribution in [2.75, 3.05) is 44.2 Å². The van der Waals surface area contributed by atoms with E-state index in [2.05, 4.69) is 26.7 Å². The van der Waals surface area contributed by atoms with E-state index in [1.54, 1.807) is 24.3 Å². The van der Waals surface area contributed by atoms with Crippen LogP contribution in [0.1, 0.15) is 28.7 Å². The zero-order valence-corrected chi connectivity index (χ0v) is 18.2. The van der Waals surface area contributed by atoms with Gasteiger partial charge in [0, 0.05) is 61.2 Å². The van der Waals surface area contributed by atoms with Crippen molar-refractivity contribution in [1.29, 1.82) is 0 Å². The lowest BCUT2D eigenvalue weighted by Crippen LogP contribution is -2.54. The molecule has 1 amide bonds. The van der Waals surface area contributed by atoms with Crippen LogP contribution in [0, 0.1) is 6.92 Å². The van der Waals surface area contributed by atoms with E-state index in [0.717, 1.165) is 30.9 Å². The highest BCUT2D eigenvalue weighted by atomic mass is 35.5. The van der Waals surface area contributed by atoms with Crippen molar-refractivity contribution >= 4 is 23.5 Å². The lowest BCUT2D eigenvalue weighted by atomic mass is 10.1. The Morgan fingerprint density at radius 2 is 1.83 bits per heavy atom. The van der Waals surface area contributed by atoms with Crippen LogP contribution in [0.3, 0.4) is 0 Å². The van der Waals surface area contributed by atoms with Crippen LogP contribution in [0.25, 0.3) is 0 Å². The third-order valence-electron chi connectivity index (χ3n) is 5.96. The fraction of sp³-hybridized carbons (Fsp3) is 0.500. The second kappa shape index (κ2) is 8.88. The predicted molar refractivity (Wildman–Crippen MR) is 117 cm³/mol. The molecule has 0 bridgehead atoms. The average Bonchev–Trinajstić information content (AvgIpc) is 3.15. The van der Waals surface area contributed by atoms with Gasteiger partial charge in [0.2, 0.25) is 5.95 Å². The zero-order chi connectivity index (χ0) is 21.3. The summed E-state index contributed by atoms with van der Waals surface area (Å²) in [5.74, 6) is 0.727. The van der Waals surface area contributed by atoms with E-state index in [4.69, 9.17) is 11.6 Å². The van der Waals surface area contributed by atoms with Gasteiger partial charge in [-0.1, -0.05) is 18.5 Å². The molecule has 1 aromatic heterocycles. The van der Waals surface area contributed by atoms with Crippen LogP contribution in [-0.4, -0.2) is 82.2 Å². The summed E-state index contributed by atoms with van der Waals surface area (Å²) in [5.41, 5.74) is 2.62. The number of piperazine rings is 1. The molecule has 30 heavy (non-hydrogen) atoms. The topological polar surface area (TPSA) is 72.8 Å². The minimum atomic E-state index is -0.460. The van der Waals surface area contributed by atoms with E-state index >= 15 is 0 Å². The fourth-order valence-corrected chi connectivity index (χ4v) is 4.39. The van der Waals surface area contributed by atoms with Crippen molar-refractivity contribution in [2.24, 2.45) is 0 Å². The number of amides is 1. The van der Waals surface area contributed by atoms with E-state index in [1.165, 1.54) is 0 Å². The maximum Gasteiger partial charge on any atom is 0.253 e. The number of rotatable bonds is 4. The number of hydrogen-bond acceptors (Lipinski definition) is 6. The molecule has 1 N–H and O–H groups in total. The van der Waals surface area contributed by atoms with Crippen molar-refractivity contribution in [1.82, 2.24) is 19.8 Å². The van der Waals surface area contributed by atoms with Crippen LogP contribution in [0.5, 0.6) is 0 Å². The number of β-amino-alcohol motifs (C(OH)–C–C–N with tert-alkyl or cyclic N) is 1. The van der Waals surface area contributed by atoms with Gasteiger partial charge < -0.3 is 14.9 Å². The lowest BCUT2D eigenvalue weighted by molar-refractivity contribution is 0.0376. The summed E-state index contributed by atoms with van der Waals surface area (Å²) in [4.78, 5) is 28.2. The molecule has 2 fully saturated rings. The quantitative estimate of drug-likeness (QED) is 0.801. The molecule has 1 aromatic carbocycles. The Morgan fingerprint density at radius 3 is 2.50 bits per heavy atom. The van der Waals surface area contributed by atoms with Crippen molar-refractivity contribution in [3.63, 3.8) is 0 Å². The minimum absolute atomic E-state index is 0.0203. The molecule has 2 aliphatic rings. The summed E-state index contributed by atoms with van der Waals surface area (Å²) in [6.07, 6.45) is 0.400. The molecule has 0 spiro atoms. The molecule has 160 valence electrons. The average molecular weight is 430 g/mol. The molecule has 0 aliphatic carbocycles. The molecule has 0 unspecified atom stereocenters. The number of nitrogens with zero attached hydrogens (tertiary/aromatic N) is 5. The Kier molecular flexibility index (Phi) is 6.22. The number of carbonyl (C=O) groups is 1. The van der Waals surface area contributed by atoms with Gasteiger partial charge in [-0.25, -0.2) is 9.97 Å². The molecule has 2 aliphatic heterocycles. The Morgan fingerprint density at radius 1 is 1.13 bits per heavy atom. The van der Waals surface area contributed by atoms with E-state index in [9.17, 15) is 9.90 Å². The molecular formula is C22H28ClN5O2. The van der Waals surface area contributed by atoms with E-state index < -0.39 is 6.10 Å². The maximum atomic E-state index is 12.7. The molecule has 7 nitrogen and oxygen atoms in total. The van der Waals surface area contributed by atoms with Gasteiger partial charge in [0.1, 0.15) is 0 Å². The number of aliphatic hydroxyl groups is 1. The van der Waals surface area contributed by atoms with Gasteiger partial charge >= 0.3 is 0 Å². The second-order valence-electron chi connectivity index (χ2n) is 8.03. The van der Waals surface area contributed by atoms with Crippen LogP contribution < -0.4 is 4.90 Å². The van der Waals surface area contributed by atoms with Crippen LogP contribution in [0.4, 0.5) is 5.95 Å². The molecule has 2 aromatic rings. The van der Waals surface area contributed by atoms with E-state index in [-0.39, 0.29) is 11.9 Å². The normalized spacial score (nSPS) is 22.5. The number of aromatic nitrogens is 2. The molecule has 2 atom stereocenters. The van der Waals surface area contributed by atoms with Crippen molar-refractivity contribution in [3.05, 3.63) is 52.3 Å². The first-order valence-electron chi connectivity index (χ1n) is 10.5. The predicted octanol–water partition coefficient (Wildman–Crippen LogP) is 2.01. The highest BCUT2D eigenvalue weighted by molar-refractivity contribution is 6.30. The highest BCUT2D eigenvalue weighted by Gasteiger charge is 2.38. The molecule has 0 saturated carbocycles. The molecule has 8 heteroatoms. The van der Waals surface area contributed by atoms with Gasteiger partial charge in [0.05, 0.1) is 12.1 Å². The zero-order valence-electron chi connectivity index (χ0n) is 17.5. The number of benzene rings is 1. The van der Waals surface area contributed by atoms with Crippen molar-refractivity contribution in [2.45, 2.75) is 32.4 Å². The van der Waals surface area contributed by atoms with Crippen LogP contribution in [0.15, 0.2) is 30.3 Å². The smallest absolute Gasteiger partial charge is 0.253 e. The maximum absolute atomic E-state index is 12.7. The molecular weight excluding hydrogens is 402 g/mol. The summed E-state index contributed by atoms with van der Waals surface area (Å²) in [6.45, 7) is 8.05. The summed E-state index contributed by atoms with van der Waals surface area (Å²) in [7, 11) is 0. The van der Waals surface area contributed by atoms with Crippen molar-refractivity contribution < 1.29 is 9.90 Å². The lowest BCUT2D eigenvalue weighted by Gasteiger charge is -2.38. The van der Waals surface area contributed by atoms with Crippen LogP contribution in [-0.2, 0) is 6.42 Å². The van der Waals surface area contributed by atoms with Gasteiger partial charge in [-0.15, -0.1) is 0 Å². The molecule has 3 heterocycles. The third kappa shape index (κ3) is 4.43. The van der Waals surface area contributed by atoms with Gasteiger partial charge in [-0.3, -0.25) is 9.69 Å². The Hall–Kier alpha value is -2.22. The van der Waals surface area contributed by atoms with Gasteiger partial charge in [0.25, 0.3) is 5.91 Å². The number of hydrogen-bond donors (Lipinski definition) is 1. The first kappa shape index (κ1) is 21.0. The van der Waals surface area contributed by atoms with Crippen molar-refractivity contribution in [3.8, 4) is 0 Å². The molecule has 2 saturated heterocycles. The Balaban J connectivity index is 1.37. The number of carbonyl (C=O) groups excluding carboxylic acids is 1. The summed E-state index contributed by atoms with van der Waals surface area (Å²) in [5, 5.41) is 11.3. The number of aliphatic hydroxyl groups excluding tert-OH is 1. The second-order valence-corrected chi connectivity index (χ2v) is 8.47. The summed E-state index contributed by atoms with van der Waals surface area (Å²) < 4.78 is 0. The minimum Gasteiger partial charge on any atom is -0.390 e. The fourth-order valence-electron chi connectivity index (χ4n) is 4.26. The number of anilines is 1. The largest absolute Gasteiger partial charge is 0.390 e. The SMILES string of the molecule is CCc1cc(C)nc(N2C[C@@H](O)[C@H](N3CCN(C(=O)c4ccc(Cl)cc4)CC3)C2)n1. The summed E-state index contributed by atoms with van der Waals surface area (Å²) >= 11 is 5.92. The Labute approximate surface area is 182 Å². The molecule has 0 radical (unpaired) electrons. The molecule has 4 rings (SSSR count). The first-order chi connectivity index (χ1) is 14.4. The first-order valence-corrected chi connectivity index (χ1v) is 10.9. The monoisotopic (exact) mass is 429 g/mol. The number of halogens is 1. The third-order valence-corrected chi connectivity index (χ3v) is 6.21. The van der Waals surface area contributed by atoms with E-state index in [1.807, 2.05) is 17.9 Å². The van der Waals surface area contributed by atoms with Gasteiger partial charge in [0.15, 0.2) is 0 Å². The highest BCUT2D eigenvalue weighted by Crippen LogP contribution is 2.23. The summed E-state index contributed by atoms with van der Waals surface area (Å²) in [6, 6.07) is 9.04. The standard InChI is InChI=1S/C22H28ClN5O2/c1-3-18-12-15(2)24-22(25-18)28-13-19(20(29)14-28)26-8-10-27(11-9-26)21(30)16-4-6-17(23)7-5-16/h4-7,12,19-20,29H,3,8-11,13-14H2,1-2H3/t19-,20-/m1/s1. The van der Waals surface area contributed by atoms with Gasteiger partial charge in [-0.2, -0.15) is 0 Å². The van der Waals surface area contributed by atoms with Gasteiger partial charge in [-0.05, 0) is 43.7 Å². The van der Waals surface area contributed by atoms with Crippen LogP contribution in [0.2, 0.25) is 5.02 Å². The van der Waals surface area contributed by atoms with E-state index in [0.29, 0.717) is 42.7 Å². The van der Waals surface area contributed by atoms with Crippen LogP contribution >= 0.6 is 11.6 Å².